The fourth-order valence-corrected chi connectivity index (χ4v) is 2.77. The van der Waals surface area contributed by atoms with Crippen molar-refractivity contribution in [3.8, 4) is 5.75 Å². The lowest BCUT2D eigenvalue weighted by molar-refractivity contribution is 0.0955. The molecule has 1 N–H and O–H groups in total. The van der Waals surface area contributed by atoms with Crippen LogP contribution in [0.1, 0.15) is 15.9 Å². The molecule has 1 saturated heterocycles. The smallest absolute Gasteiger partial charge is 0.271 e. The number of carbonyl (C=O) groups is 1. The number of halogens is 1. The maximum atomic E-state index is 11.9. The van der Waals surface area contributed by atoms with Crippen molar-refractivity contribution in [2.75, 3.05) is 11.5 Å². The standard InChI is InChI=1S/C17H15BrN2O2S/c18-14-5-3-13(4-6-14)17(21)20-19-9-12-1-7-15(8-2-12)22-16-10-23-11-16/h1-9,16H,10-11H2,(H,20,21)/b19-9-. The Hall–Kier alpha value is -1.79. The molecule has 2 aromatic carbocycles. The van der Waals surface area contributed by atoms with E-state index in [0.717, 1.165) is 27.3 Å². The van der Waals surface area contributed by atoms with E-state index in [4.69, 9.17) is 4.74 Å². The topological polar surface area (TPSA) is 50.7 Å². The van der Waals surface area contributed by atoms with Gasteiger partial charge in [-0.05, 0) is 54.1 Å². The first kappa shape index (κ1) is 16.1. The van der Waals surface area contributed by atoms with Gasteiger partial charge in [0.05, 0.1) is 6.21 Å². The zero-order valence-electron chi connectivity index (χ0n) is 12.2. The number of hydrazone groups is 1. The van der Waals surface area contributed by atoms with Gasteiger partial charge in [-0.25, -0.2) is 5.43 Å². The second-order valence-electron chi connectivity index (χ2n) is 5.05. The number of hydrogen-bond donors (Lipinski definition) is 1. The third-order valence-corrected chi connectivity index (χ3v) is 5.02. The zero-order valence-corrected chi connectivity index (χ0v) is 14.6. The molecule has 3 rings (SSSR count). The summed E-state index contributed by atoms with van der Waals surface area (Å²) in [5.74, 6) is 2.75. The summed E-state index contributed by atoms with van der Waals surface area (Å²) in [5.41, 5.74) is 3.98. The van der Waals surface area contributed by atoms with Gasteiger partial charge in [0.1, 0.15) is 11.9 Å². The largest absolute Gasteiger partial charge is 0.489 e. The van der Waals surface area contributed by atoms with Crippen LogP contribution in [0.5, 0.6) is 5.75 Å². The molecular weight excluding hydrogens is 376 g/mol. The van der Waals surface area contributed by atoms with Crippen molar-refractivity contribution in [2.45, 2.75) is 6.10 Å². The highest BCUT2D eigenvalue weighted by Crippen LogP contribution is 2.23. The summed E-state index contributed by atoms with van der Waals surface area (Å²) in [6.45, 7) is 0. The number of benzene rings is 2. The van der Waals surface area contributed by atoms with E-state index in [-0.39, 0.29) is 5.91 Å². The second-order valence-corrected chi connectivity index (χ2v) is 7.04. The maximum Gasteiger partial charge on any atom is 0.271 e. The predicted octanol–water partition coefficient (Wildman–Crippen LogP) is 3.71. The molecule has 0 saturated carbocycles. The number of nitrogens with zero attached hydrogens (tertiary/aromatic N) is 1. The van der Waals surface area contributed by atoms with Gasteiger partial charge >= 0.3 is 0 Å². The van der Waals surface area contributed by atoms with Gasteiger partial charge < -0.3 is 4.74 Å². The number of carbonyl (C=O) groups excluding carboxylic acids is 1. The van der Waals surface area contributed by atoms with Gasteiger partial charge in [-0.15, -0.1) is 0 Å². The molecule has 23 heavy (non-hydrogen) atoms. The van der Waals surface area contributed by atoms with Gasteiger partial charge in [0.25, 0.3) is 5.91 Å². The van der Waals surface area contributed by atoms with Crippen LogP contribution in [0.15, 0.2) is 58.1 Å². The Morgan fingerprint density at radius 1 is 1.17 bits per heavy atom. The van der Waals surface area contributed by atoms with Gasteiger partial charge in [-0.2, -0.15) is 16.9 Å². The van der Waals surface area contributed by atoms with Crippen molar-refractivity contribution in [1.29, 1.82) is 0 Å². The van der Waals surface area contributed by atoms with E-state index < -0.39 is 0 Å². The SMILES string of the molecule is O=C(N/N=C\c1ccc(OC2CSC2)cc1)c1ccc(Br)cc1. The first-order chi connectivity index (χ1) is 11.2. The Morgan fingerprint density at radius 2 is 1.87 bits per heavy atom. The van der Waals surface area contributed by atoms with Crippen LogP contribution in [0.25, 0.3) is 0 Å². The molecule has 6 heteroatoms. The van der Waals surface area contributed by atoms with E-state index in [2.05, 4.69) is 26.5 Å². The van der Waals surface area contributed by atoms with Crippen LogP contribution in [0.2, 0.25) is 0 Å². The minimum Gasteiger partial charge on any atom is -0.489 e. The van der Waals surface area contributed by atoms with E-state index in [0.29, 0.717) is 11.7 Å². The number of rotatable bonds is 5. The Bertz CT molecular complexity index is 698. The molecule has 2 aromatic rings. The van der Waals surface area contributed by atoms with Crippen LogP contribution >= 0.6 is 27.7 Å². The maximum absolute atomic E-state index is 11.9. The van der Waals surface area contributed by atoms with Crippen molar-refractivity contribution < 1.29 is 9.53 Å². The Morgan fingerprint density at radius 3 is 2.48 bits per heavy atom. The lowest BCUT2D eigenvalue weighted by Gasteiger charge is -2.25. The second kappa shape index (κ2) is 7.66. The molecule has 0 aliphatic carbocycles. The van der Waals surface area contributed by atoms with E-state index in [1.54, 1.807) is 18.3 Å². The lowest BCUT2D eigenvalue weighted by Crippen LogP contribution is -2.30. The van der Waals surface area contributed by atoms with Crippen LogP contribution in [-0.2, 0) is 0 Å². The monoisotopic (exact) mass is 390 g/mol. The fourth-order valence-electron chi connectivity index (χ4n) is 1.94. The summed E-state index contributed by atoms with van der Waals surface area (Å²) in [6.07, 6.45) is 1.95. The minimum atomic E-state index is -0.240. The highest BCUT2D eigenvalue weighted by atomic mass is 79.9. The highest BCUT2D eigenvalue weighted by molar-refractivity contribution is 9.10. The van der Waals surface area contributed by atoms with E-state index in [9.17, 15) is 4.79 Å². The average molecular weight is 391 g/mol. The number of hydrogen-bond acceptors (Lipinski definition) is 4. The molecule has 1 aliphatic heterocycles. The van der Waals surface area contributed by atoms with Gasteiger partial charge in [0.15, 0.2) is 0 Å². The van der Waals surface area contributed by atoms with Crippen LogP contribution in [0, 0.1) is 0 Å². The van der Waals surface area contributed by atoms with Crippen molar-refractivity contribution in [3.63, 3.8) is 0 Å². The number of nitrogens with one attached hydrogen (secondary N) is 1. The summed E-state index contributed by atoms with van der Waals surface area (Å²) in [5, 5.41) is 3.98. The molecule has 118 valence electrons. The number of thioether (sulfide) groups is 1. The molecule has 4 nitrogen and oxygen atoms in total. The molecule has 1 aliphatic rings. The van der Waals surface area contributed by atoms with Crippen LogP contribution in [-0.4, -0.2) is 29.7 Å². The zero-order chi connectivity index (χ0) is 16.1. The molecule has 1 heterocycles. The van der Waals surface area contributed by atoms with Crippen molar-refractivity contribution in [1.82, 2.24) is 5.43 Å². The van der Waals surface area contributed by atoms with Gasteiger partial charge in [0.2, 0.25) is 0 Å². The van der Waals surface area contributed by atoms with Crippen molar-refractivity contribution >= 4 is 39.8 Å². The third-order valence-electron chi connectivity index (χ3n) is 3.28. The molecule has 0 aromatic heterocycles. The van der Waals surface area contributed by atoms with Gasteiger partial charge in [-0.3, -0.25) is 4.79 Å². The summed E-state index contributed by atoms with van der Waals surface area (Å²) in [7, 11) is 0. The first-order valence-corrected chi connectivity index (χ1v) is 9.09. The molecule has 0 bridgehead atoms. The third kappa shape index (κ3) is 4.59. The normalized spacial score (nSPS) is 14.5. The van der Waals surface area contributed by atoms with Crippen molar-refractivity contribution in [3.05, 3.63) is 64.1 Å². The first-order valence-electron chi connectivity index (χ1n) is 7.14. The fraction of sp³-hybridized carbons (Fsp3) is 0.176. The van der Waals surface area contributed by atoms with E-state index in [1.165, 1.54) is 0 Å². The Balaban J connectivity index is 1.52. The summed E-state index contributed by atoms with van der Waals surface area (Å²) in [4.78, 5) is 11.9. The molecule has 0 spiro atoms. The summed E-state index contributed by atoms with van der Waals surface area (Å²) >= 11 is 5.23. The lowest BCUT2D eigenvalue weighted by atomic mass is 10.2. The Labute approximate surface area is 147 Å². The van der Waals surface area contributed by atoms with Crippen LogP contribution in [0.4, 0.5) is 0 Å². The quantitative estimate of drug-likeness (QED) is 0.625. The van der Waals surface area contributed by atoms with Crippen molar-refractivity contribution in [2.24, 2.45) is 5.10 Å². The summed E-state index contributed by atoms with van der Waals surface area (Å²) in [6, 6.07) is 14.8. The predicted molar refractivity (Wildman–Crippen MR) is 97.4 cm³/mol. The molecular formula is C17H15BrN2O2S. The molecule has 0 atom stereocenters. The van der Waals surface area contributed by atoms with Crippen LogP contribution < -0.4 is 10.2 Å². The molecule has 0 radical (unpaired) electrons. The number of ether oxygens (including phenoxy) is 1. The number of amides is 1. The molecule has 1 fully saturated rings. The highest BCUT2D eigenvalue weighted by Gasteiger charge is 2.19. The van der Waals surface area contributed by atoms with Gasteiger partial charge in [0, 0.05) is 21.5 Å². The van der Waals surface area contributed by atoms with E-state index in [1.807, 2.05) is 48.2 Å². The average Bonchev–Trinajstić information content (AvgIpc) is 2.53. The molecule has 0 unspecified atom stereocenters. The molecule has 1 amide bonds. The van der Waals surface area contributed by atoms with E-state index >= 15 is 0 Å². The minimum absolute atomic E-state index is 0.240. The van der Waals surface area contributed by atoms with Gasteiger partial charge in [-0.1, -0.05) is 15.9 Å². The Kier molecular flexibility index (Phi) is 5.35. The summed E-state index contributed by atoms with van der Waals surface area (Å²) < 4.78 is 6.71. The van der Waals surface area contributed by atoms with Crippen LogP contribution in [0.3, 0.4) is 0 Å².